The van der Waals surface area contributed by atoms with E-state index >= 15 is 0 Å². The quantitative estimate of drug-likeness (QED) is 0.855. The van der Waals surface area contributed by atoms with Crippen molar-refractivity contribution in [2.24, 2.45) is 0 Å². The zero-order chi connectivity index (χ0) is 16.1. The van der Waals surface area contributed by atoms with Gasteiger partial charge in [0.15, 0.2) is 5.13 Å². The highest BCUT2D eigenvalue weighted by Crippen LogP contribution is 2.31. The lowest BCUT2D eigenvalue weighted by molar-refractivity contribution is -0.114. The van der Waals surface area contributed by atoms with E-state index in [0.29, 0.717) is 6.61 Å². The van der Waals surface area contributed by atoms with Crippen LogP contribution in [0.4, 0.5) is 10.8 Å². The molecule has 22 heavy (non-hydrogen) atoms. The molecular formula is C16H21N3O2S. The molecule has 0 saturated heterocycles. The molecule has 0 saturated carbocycles. The van der Waals surface area contributed by atoms with E-state index in [4.69, 9.17) is 4.74 Å². The van der Waals surface area contributed by atoms with Gasteiger partial charge in [0.25, 0.3) is 0 Å². The number of anilines is 2. The van der Waals surface area contributed by atoms with Crippen molar-refractivity contribution in [1.82, 2.24) is 4.98 Å². The largest absolute Gasteiger partial charge is 0.383 e. The zero-order valence-corrected chi connectivity index (χ0v) is 14.1. The van der Waals surface area contributed by atoms with Crippen molar-refractivity contribution < 1.29 is 9.53 Å². The number of methoxy groups -OCH3 is 1. The molecule has 1 amide bonds. The van der Waals surface area contributed by atoms with Gasteiger partial charge in [0, 0.05) is 36.2 Å². The number of carbonyl (C=O) groups excluding carboxylic acids is 1. The van der Waals surface area contributed by atoms with Crippen molar-refractivity contribution >= 4 is 28.1 Å². The topological polar surface area (TPSA) is 63.2 Å². The number of nitrogens with one attached hydrogen (secondary N) is 2. The Morgan fingerprint density at radius 3 is 2.64 bits per heavy atom. The Hall–Kier alpha value is -1.92. The van der Waals surface area contributed by atoms with Gasteiger partial charge in [0.05, 0.1) is 12.3 Å². The Balaban J connectivity index is 2.15. The summed E-state index contributed by atoms with van der Waals surface area (Å²) in [4.78, 5) is 16.9. The van der Waals surface area contributed by atoms with Crippen LogP contribution < -0.4 is 10.6 Å². The summed E-state index contributed by atoms with van der Waals surface area (Å²) >= 11 is 1.63. The fourth-order valence-electron chi connectivity index (χ4n) is 2.14. The summed E-state index contributed by atoms with van der Waals surface area (Å²) in [5, 5.41) is 6.99. The van der Waals surface area contributed by atoms with E-state index in [1.807, 2.05) is 24.3 Å². The molecule has 6 heteroatoms. The SMILES string of the molecule is COC[C@@H](C)Nc1nc(-c2ccc(NC(C)=O)cc2)c(C)s1. The summed E-state index contributed by atoms with van der Waals surface area (Å²) in [6.45, 7) is 6.25. The molecule has 1 heterocycles. The number of benzene rings is 1. The number of carbonyl (C=O) groups is 1. The van der Waals surface area contributed by atoms with Crippen molar-refractivity contribution in [2.75, 3.05) is 24.4 Å². The Morgan fingerprint density at radius 1 is 1.36 bits per heavy atom. The Kier molecular flexibility index (Phi) is 5.51. The molecule has 5 nitrogen and oxygen atoms in total. The maximum atomic E-state index is 11.0. The van der Waals surface area contributed by atoms with E-state index in [0.717, 1.165) is 27.0 Å². The monoisotopic (exact) mass is 319 g/mol. The Labute approximate surface area is 134 Å². The summed E-state index contributed by atoms with van der Waals surface area (Å²) < 4.78 is 5.12. The smallest absolute Gasteiger partial charge is 0.221 e. The number of ether oxygens (including phenoxy) is 1. The molecule has 1 aromatic carbocycles. The number of aryl methyl sites for hydroxylation is 1. The first-order valence-electron chi connectivity index (χ1n) is 7.10. The van der Waals surface area contributed by atoms with E-state index in [-0.39, 0.29) is 11.9 Å². The molecule has 1 aromatic heterocycles. The zero-order valence-electron chi connectivity index (χ0n) is 13.3. The van der Waals surface area contributed by atoms with Crippen molar-refractivity contribution in [1.29, 1.82) is 0 Å². The Morgan fingerprint density at radius 2 is 2.05 bits per heavy atom. The van der Waals surface area contributed by atoms with Gasteiger partial charge in [-0.15, -0.1) is 11.3 Å². The highest BCUT2D eigenvalue weighted by atomic mass is 32.1. The highest BCUT2D eigenvalue weighted by Gasteiger charge is 2.11. The summed E-state index contributed by atoms with van der Waals surface area (Å²) in [5.41, 5.74) is 2.79. The number of hydrogen-bond acceptors (Lipinski definition) is 5. The van der Waals surface area contributed by atoms with Crippen LogP contribution in [0.2, 0.25) is 0 Å². The van der Waals surface area contributed by atoms with Crippen molar-refractivity contribution in [3.8, 4) is 11.3 Å². The minimum atomic E-state index is -0.0730. The van der Waals surface area contributed by atoms with Crippen LogP contribution in [0, 0.1) is 6.92 Å². The predicted molar refractivity (Wildman–Crippen MR) is 91.6 cm³/mol. The number of nitrogens with zero attached hydrogens (tertiary/aromatic N) is 1. The number of thiazole rings is 1. The summed E-state index contributed by atoms with van der Waals surface area (Å²) in [7, 11) is 1.69. The maximum absolute atomic E-state index is 11.0. The molecule has 2 rings (SSSR count). The molecule has 0 unspecified atom stereocenters. The third-order valence-corrected chi connectivity index (χ3v) is 3.96. The van der Waals surface area contributed by atoms with Gasteiger partial charge in [-0.3, -0.25) is 4.79 Å². The number of amides is 1. The minimum Gasteiger partial charge on any atom is -0.383 e. The van der Waals surface area contributed by atoms with Gasteiger partial charge in [0.2, 0.25) is 5.91 Å². The van der Waals surface area contributed by atoms with E-state index < -0.39 is 0 Å². The highest BCUT2D eigenvalue weighted by molar-refractivity contribution is 7.16. The van der Waals surface area contributed by atoms with Gasteiger partial charge in [0.1, 0.15) is 0 Å². The van der Waals surface area contributed by atoms with Gasteiger partial charge < -0.3 is 15.4 Å². The van der Waals surface area contributed by atoms with Crippen LogP contribution >= 0.6 is 11.3 Å². The molecule has 0 aliphatic rings. The van der Waals surface area contributed by atoms with Gasteiger partial charge in [-0.1, -0.05) is 12.1 Å². The van der Waals surface area contributed by atoms with E-state index in [1.54, 1.807) is 18.4 Å². The molecule has 0 bridgehead atoms. The fourth-order valence-corrected chi connectivity index (χ4v) is 3.09. The molecule has 118 valence electrons. The van der Waals surface area contributed by atoms with E-state index in [9.17, 15) is 4.79 Å². The third kappa shape index (κ3) is 4.29. The second-order valence-corrected chi connectivity index (χ2v) is 6.39. The fraction of sp³-hybridized carbons (Fsp3) is 0.375. The summed E-state index contributed by atoms with van der Waals surface area (Å²) in [6.07, 6.45) is 0. The lowest BCUT2D eigenvalue weighted by Crippen LogP contribution is -2.20. The van der Waals surface area contributed by atoms with Crippen LogP contribution in [0.5, 0.6) is 0 Å². The first kappa shape index (κ1) is 16.5. The van der Waals surface area contributed by atoms with Gasteiger partial charge in [-0.2, -0.15) is 0 Å². The molecule has 0 aliphatic heterocycles. The lowest BCUT2D eigenvalue weighted by Gasteiger charge is -2.10. The average molecular weight is 319 g/mol. The summed E-state index contributed by atoms with van der Waals surface area (Å²) in [6, 6.07) is 7.92. The van der Waals surface area contributed by atoms with Crippen LogP contribution in [0.3, 0.4) is 0 Å². The predicted octanol–water partition coefficient (Wildman–Crippen LogP) is 3.52. The van der Waals surface area contributed by atoms with Crippen molar-refractivity contribution in [2.45, 2.75) is 26.8 Å². The molecule has 2 aromatic rings. The van der Waals surface area contributed by atoms with Gasteiger partial charge >= 0.3 is 0 Å². The molecule has 0 radical (unpaired) electrons. The van der Waals surface area contributed by atoms with Crippen molar-refractivity contribution in [3.63, 3.8) is 0 Å². The maximum Gasteiger partial charge on any atom is 0.221 e. The molecular weight excluding hydrogens is 298 g/mol. The first-order chi connectivity index (χ1) is 10.5. The number of rotatable bonds is 6. The average Bonchev–Trinajstić information content (AvgIpc) is 2.80. The first-order valence-corrected chi connectivity index (χ1v) is 7.92. The Bertz CT molecular complexity index is 637. The number of aromatic nitrogens is 1. The molecule has 0 aliphatic carbocycles. The van der Waals surface area contributed by atoms with Crippen LogP contribution in [-0.4, -0.2) is 30.6 Å². The van der Waals surface area contributed by atoms with Crippen molar-refractivity contribution in [3.05, 3.63) is 29.1 Å². The van der Waals surface area contributed by atoms with Crippen LogP contribution in [0.25, 0.3) is 11.3 Å². The van der Waals surface area contributed by atoms with E-state index in [1.165, 1.54) is 6.92 Å². The van der Waals surface area contributed by atoms with Gasteiger partial charge in [-0.05, 0) is 26.0 Å². The van der Waals surface area contributed by atoms with E-state index in [2.05, 4.69) is 29.5 Å². The van der Waals surface area contributed by atoms with Gasteiger partial charge in [-0.25, -0.2) is 4.98 Å². The van der Waals surface area contributed by atoms with Crippen LogP contribution in [-0.2, 0) is 9.53 Å². The second kappa shape index (κ2) is 7.38. The minimum absolute atomic E-state index is 0.0730. The number of hydrogen-bond donors (Lipinski definition) is 2. The lowest BCUT2D eigenvalue weighted by atomic mass is 10.1. The molecule has 2 N–H and O–H groups in total. The normalized spacial score (nSPS) is 12.0. The standard InChI is InChI=1S/C16H21N3O2S/c1-10(9-21-4)17-16-19-15(11(2)22-16)13-5-7-14(8-6-13)18-12(3)20/h5-8,10H,9H2,1-4H3,(H,17,19)(H,18,20)/t10-/m1/s1. The molecule has 0 spiro atoms. The van der Waals surface area contributed by atoms with Crippen LogP contribution in [0.1, 0.15) is 18.7 Å². The molecule has 0 fully saturated rings. The second-order valence-electron chi connectivity index (χ2n) is 5.18. The summed E-state index contributed by atoms with van der Waals surface area (Å²) in [5.74, 6) is -0.0730. The third-order valence-electron chi connectivity index (χ3n) is 3.06. The molecule has 1 atom stereocenters. The van der Waals surface area contributed by atoms with Crippen LogP contribution in [0.15, 0.2) is 24.3 Å².